The molecule has 1 saturated heterocycles. The highest BCUT2D eigenvalue weighted by atomic mass is 19.1. The van der Waals surface area contributed by atoms with Gasteiger partial charge in [-0.2, -0.15) is 5.10 Å². The predicted octanol–water partition coefficient (Wildman–Crippen LogP) is -0.301. The fourth-order valence-corrected chi connectivity index (χ4v) is 2.79. The first kappa shape index (κ1) is 16.9. The maximum Gasteiger partial charge on any atom is 0.267 e. The van der Waals surface area contributed by atoms with Crippen LogP contribution in [0.2, 0.25) is 0 Å². The van der Waals surface area contributed by atoms with Gasteiger partial charge in [0, 0.05) is 32.2 Å². The third-order valence-corrected chi connectivity index (χ3v) is 4.10. The number of nitrogens with zero attached hydrogens (tertiary/aromatic N) is 4. The normalized spacial score (nSPS) is 14.5. The zero-order chi connectivity index (χ0) is 17.8. The monoisotopic (exact) mass is 346 g/mol. The molecule has 9 heteroatoms. The minimum Gasteiger partial charge on any atom is -0.366 e. The number of carbonyl (C=O) groups is 1. The molecule has 2 heterocycles. The number of halogens is 1. The van der Waals surface area contributed by atoms with Crippen molar-refractivity contribution in [3.8, 4) is 0 Å². The lowest BCUT2D eigenvalue weighted by molar-refractivity contribution is -0.121. The number of nitrogens with one attached hydrogen (secondary N) is 1. The minimum atomic E-state index is -0.504. The van der Waals surface area contributed by atoms with Gasteiger partial charge in [-0.05, 0) is 18.2 Å². The molecular weight excluding hydrogens is 327 g/mol. The van der Waals surface area contributed by atoms with Crippen LogP contribution in [0.1, 0.15) is 0 Å². The first-order valence-corrected chi connectivity index (χ1v) is 7.90. The lowest BCUT2D eigenvalue weighted by Crippen LogP contribution is -2.47. The first-order valence-electron chi connectivity index (χ1n) is 7.90. The fraction of sp³-hybridized carbons (Fsp3) is 0.312. The Kier molecular flexibility index (Phi) is 4.94. The minimum absolute atomic E-state index is 0.238. The molecule has 8 nitrogen and oxygen atoms in total. The van der Waals surface area contributed by atoms with Crippen molar-refractivity contribution in [2.24, 2.45) is 5.84 Å². The van der Waals surface area contributed by atoms with Gasteiger partial charge in [0.1, 0.15) is 18.2 Å². The number of nitrogens with two attached hydrogens (primary N) is 1. The van der Waals surface area contributed by atoms with E-state index < -0.39 is 5.91 Å². The van der Waals surface area contributed by atoms with Gasteiger partial charge in [-0.3, -0.25) is 15.0 Å². The zero-order valence-electron chi connectivity index (χ0n) is 13.6. The van der Waals surface area contributed by atoms with Gasteiger partial charge in [-0.1, -0.05) is 12.1 Å². The number of carbonyl (C=O) groups excluding carboxylic acids is 1. The second kappa shape index (κ2) is 7.31. The molecule has 1 amide bonds. The molecule has 1 aliphatic heterocycles. The zero-order valence-corrected chi connectivity index (χ0v) is 13.6. The van der Waals surface area contributed by atoms with Gasteiger partial charge in [-0.15, -0.1) is 0 Å². The molecule has 1 aliphatic rings. The summed E-state index contributed by atoms with van der Waals surface area (Å²) < 4.78 is 15.0. The van der Waals surface area contributed by atoms with E-state index in [1.807, 2.05) is 21.3 Å². The Morgan fingerprint density at radius 1 is 1.12 bits per heavy atom. The van der Waals surface area contributed by atoms with E-state index in [0.717, 1.165) is 4.68 Å². The van der Waals surface area contributed by atoms with Crippen molar-refractivity contribution in [3.05, 3.63) is 52.6 Å². The summed E-state index contributed by atoms with van der Waals surface area (Å²) in [7, 11) is 0. The van der Waals surface area contributed by atoms with Gasteiger partial charge < -0.3 is 9.80 Å². The van der Waals surface area contributed by atoms with Crippen LogP contribution in [0.15, 0.2) is 41.2 Å². The number of aromatic nitrogens is 2. The largest absolute Gasteiger partial charge is 0.366 e. The number of benzene rings is 1. The van der Waals surface area contributed by atoms with E-state index in [1.165, 1.54) is 12.1 Å². The van der Waals surface area contributed by atoms with Gasteiger partial charge >= 0.3 is 0 Å². The van der Waals surface area contributed by atoms with Crippen molar-refractivity contribution in [1.82, 2.24) is 15.2 Å². The first-order chi connectivity index (χ1) is 12.1. The average molecular weight is 346 g/mol. The van der Waals surface area contributed by atoms with Crippen molar-refractivity contribution >= 4 is 17.4 Å². The Bertz CT molecular complexity index is 816. The molecule has 1 aromatic carbocycles. The fourth-order valence-electron chi connectivity index (χ4n) is 2.79. The molecule has 0 unspecified atom stereocenters. The summed E-state index contributed by atoms with van der Waals surface area (Å²) >= 11 is 0. The number of amides is 1. The molecule has 0 spiro atoms. The SMILES string of the molecule is NNC(=O)Cn1nc(N2CCN(c3ccccc3F)CC2)ccc1=O. The van der Waals surface area contributed by atoms with E-state index in [0.29, 0.717) is 37.7 Å². The third kappa shape index (κ3) is 3.77. The highest BCUT2D eigenvalue weighted by Crippen LogP contribution is 2.21. The van der Waals surface area contributed by atoms with Crippen molar-refractivity contribution in [2.75, 3.05) is 36.0 Å². The summed E-state index contributed by atoms with van der Waals surface area (Å²) in [6, 6.07) is 9.67. The van der Waals surface area contributed by atoms with E-state index in [1.54, 1.807) is 18.2 Å². The molecular formula is C16H19FN6O2. The van der Waals surface area contributed by atoms with Crippen LogP contribution in [0, 0.1) is 5.82 Å². The molecule has 0 radical (unpaired) electrons. The summed E-state index contributed by atoms with van der Waals surface area (Å²) in [5.74, 6) is 4.90. The second-order valence-corrected chi connectivity index (χ2v) is 5.68. The molecule has 0 atom stereocenters. The molecule has 2 aromatic rings. The summed E-state index contributed by atoms with van der Waals surface area (Å²) in [5, 5.41) is 4.22. The molecule has 25 heavy (non-hydrogen) atoms. The smallest absolute Gasteiger partial charge is 0.267 e. The molecule has 1 fully saturated rings. The molecule has 0 saturated carbocycles. The van der Waals surface area contributed by atoms with Crippen molar-refractivity contribution < 1.29 is 9.18 Å². The second-order valence-electron chi connectivity index (χ2n) is 5.68. The van der Waals surface area contributed by atoms with E-state index in [-0.39, 0.29) is 17.9 Å². The topological polar surface area (TPSA) is 96.5 Å². The number of para-hydroxylation sites is 1. The molecule has 0 aliphatic carbocycles. The number of piperazine rings is 1. The highest BCUT2D eigenvalue weighted by Gasteiger charge is 2.20. The van der Waals surface area contributed by atoms with Crippen molar-refractivity contribution in [3.63, 3.8) is 0 Å². The van der Waals surface area contributed by atoms with E-state index in [2.05, 4.69) is 5.10 Å². The number of hydrazine groups is 1. The van der Waals surface area contributed by atoms with Gasteiger partial charge in [0.2, 0.25) is 0 Å². The number of hydrogen-bond donors (Lipinski definition) is 2. The Hall–Kier alpha value is -2.94. The van der Waals surface area contributed by atoms with Crippen LogP contribution < -0.4 is 26.6 Å². The maximum atomic E-state index is 13.9. The van der Waals surface area contributed by atoms with Crippen molar-refractivity contribution in [2.45, 2.75) is 6.54 Å². The summed E-state index contributed by atoms with van der Waals surface area (Å²) in [6.07, 6.45) is 0. The molecule has 0 bridgehead atoms. The molecule has 3 rings (SSSR count). The molecule has 3 N–H and O–H groups in total. The summed E-state index contributed by atoms with van der Waals surface area (Å²) in [5.41, 5.74) is 2.18. The van der Waals surface area contributed by atoms with Crippen LogP contribution in [0.3, 0.4) is 0 Å². The lowest BCUT2D eigenvalue weighted by atomic mass is 10.2. The predicted molar refractivity (Wildman–Crippen MR) is 91.7 cm³/mol. The van der Waals surface area contributed by atoms with Gasteiger partial charge in [0.15, 0.2) is 0 Å². The Balaban J connectivity index is 1.71. The van der Waals surface area contributed by atoms with Crippen LogP contribution >= 0.6 is 0 Å². The van der Waals surface area contributed by atoms with Gasteiger partial charge in [-0.25, -0.2) is 14.9 Å². The Morgan fingerprint density at radius 2 is 1.80 bits per heavy atom. The van der Waals surface area contributed by atoms with Crippen LogP contribution in [0.4, 0.5) is 15.9 Å². The Labute approximate surface area is 143 Å². The number of anilines is 2. The van der Waals surface area contributed by atoms with Crippen LogP contribution in [-0.2, 0) is 11.3 Å². The van der Waals surface area contributed by atoms with E-state index >= 15 is 0 Å². The van der Waals surface area contributed by atoms with Crippen LogP contribution in [-0.4, -0.2) is 41.9 Å². The van der Waals surface area contributed by atoms with Crippen LogP contribution in [0.5, 0.6) is 0 Å². The summed E-state index contributed by atoms with van der Waals surface area (Å²) in [6.45, 7) is 2.28. The lowest BCUT2D eigenvalue weighted by Gasteiger charge is -2.36. The summed E-state index contributed by atoms with van der Waals surface area (Å²) in [4.78, 5) is 27.1. The van der Waals surface area contributed by atoms with Gasteiger partial charge in [0.25, 0.3) is 11.5 Å². The average Bonchev–Trinajstić information content (AvgIpc) is 2.64. The van der Waals surface area contributed by atoms with E-state index in [9.17, 15) is 14.0 Å². The molecule has 132 valence electrons. The number of rotatable bonds is 4. The van der Waals surface area contributed by atoms with E-state index in [4.69, 9.17) is 5.84 Å². The third-order valence-electron chi connectivity index (χ3n) is 4.10. The standard InChI is InChI=1S/C16H19FN6O2/c17-12-3-1-2-4-13(12)21-7-9-22(10-8-21)14-5-6-16(25)23(20-14)11-15(24)19-18/h1-6H,7-11,18H2,(H,19,24). The van der Waals surface area contributed by atoms with Crippen LogP contribution in [0.25, 0.3) is 0 Å². The highest BCUT2D eigenvalue weighted by molar-refractivity contribution is 5.74. The molecule has 1 aromatic heterocycles. The maximum absolute atomic E-state index is 13.9. The van der Waals surface area contributed by atoms with Gasteiger partial charge in [0.05, 0.1) is 5.69 Å². The Morgan fingerprint density at radius 3 is 2.48 bits per heavy atom. The number of hydrogen-bond acceptors (Lipinski definition) is 6. The van der Waals surface area contributed by atoms with Crippen molar-refractivity contribution in [1.29, 1.82) is 0 Å². The quantitative estimate of drug-likeness (QED) is 0.448.